The normalized spacial score (nSPS) is 10.2. The minimum atomic E-state index is -1.05. The molecular formula is C11H11N3O3. The van der Waals surface area contributed by atoms with Gasteiger partial charge in [0.25, 0.3) is 0 Å². The molecule has 0 spiro atoms. The zero-order valence-corrected chi connectivity index (χ0v) is 9.20. The number of ether oxygens (including phenoxy) is 1. The average molecular weight is 233 g/mol. The summed E-state index contributed by atoms with van der Waals surface area (Å²) in [6.07, 6.45) is 3.15. The maximum Gasteiger partial charge on any atom is 0.356 e. The highest BCUT2D eigenvalue weighted by atomic mass is 16.5. The van der Waals surface area contributed by atoms with E-state index in [4.69, 9.17) is 9.84 Å². The van der Waals surface area contributed by atoms with Crippen molar-refractivity contribution in [3.8, 4) is 5.75 Å². The van der Waals surface area contributed by atoms with E-state index in [1.807, 2.05) is 13.0 Å². The van der Waals surface area contributed by atoms with Gasteiger partial charge in [-0.1, -0.05) is 0 Å². The lowest BCUT2D eigenvalue weighted by atomic mass is 10.4. The smallest absolute Gasteiger partial charge is 0.356 e. The van der Waals surface area contributed by atoms with Gasteiger partial charge in [0.1, 0.15) is 5.75 Å². The van der Waals surface area contributed by atoms with Gasteiger partial charge in [0.05, 0.1) is 6.20 Å². The molecule has 0 amide bonds. The van der Waals surface area contributed by atoms with Crippen molar-refractivity contribution < 1.29 is 14.6 Å². The number of rotatable bonds is 4. The summed E-state index contributed by atoms with van der Waals surface area (Å²) in [6.45, 7) is 2.04. The van der Waals surface area contributed by atoms with Crippen LogP contribution in [0.15, 0.2) is 30.6 Å². The van der Waals surface area contributed by atoms with E-state index in [-0.39, 0.29) is 12.4 Å². The maximum atomic E-state index is 10.6. The summed E-state index contributed by atoms with van der Waals surface area (Å²) in [7, 11) is 0. The molecule has 0 aromatic carbocycles. The van der Waals surface area contributed by atoms with Gasteiger partial charge in [0.15, 0.2) is 12.4 Å². The third-order valence-corrected chi connectivity index (χ3v) is 2.11. The molecule has 0 aliphatic rings. The predicted octanol–water partition coefficient (Wildman–Crippen LogP) is 1.32. The minimum absolute atomic E-state index is 0.00405. The number of hydrogen-bond donors (Lipinski definition) is 1. The van der Waals surface area contributed by atoms with E-state index in [0.717, 1.165) is 5.69 Å². The van der Waals surface area contributed by atoms with E-state index in [1.165, 1.54) is 10.7 Å². The Morgan fingerprint density at radius 1 is 1.47 bits per heavy atom. The monoisotopic (exact) mass is 233 g/mol. The number of pyridine rings is 1. The van der Waals surface area contributed by atoms with Gasteiger partial charge in [-0.25, -0.2) is 9.48 Å². The van der Waals surface area contributed by atoms with Gasteiger partial charge >= 0.3 is 5.97 Å². The van der Waals surface area contributed by atoms with E-state index < -0.39 is 5.97 Å². The Morgan fingerprint density at radius 2 is 2.29 bits per heavy atom. The quantitative estimate of drug-likeness (QED) is 0.861. The second kappa shape index (κ2) is 4.65. The summed E-state index contributed by atoms with van der Waals surface area (Å²) in [6, 6.07) is 5.05. The van der Waals surface area contributed by atoms with Crippen LogP contribution in [0.3, 0.4) is 0 Å². The molecule has 0 saturated carbocycles. The lowest BCUT2D eigenvalue weighted by Gasteiger charge is -2.05. The van der Waals surface area contributed by atoms with Crippen molar-refractivity contribution in [3.63, 3.8) is 0 Å². The second-order valence-corrected chi connectivity index (χ2v) is 3.45. The molecule has 88 valence electrons. The van der Waals surface area contributed by atoms with E-state index in [9.17, 15) is 4.79 Å². The second-order valence-electron chi connectivity index (χ2n) is 3.45. The van der Waals surface area contributed by atoms with Crippen LogP contribution in [0.5, 0.6) is 5.75 Å². The fraction of sp³-hybridized carbons (Fsp3) is 0.182. The van der Waals surface area contributed by atoms with Gasteiger partial charge in [-0.05, 0) is 25.1 Å². The van der Waals surface area contributed by atoms with Crippen molar-refractivity contribution in [2.24, 2.45) is 0 Å². The zero-order chi connectivity index (χ0) is 12.3. The Labute approximate surface area is 97.5 Å². The van der Waals surface area contributed by atoms with E-state index in [1.54, 1.807) is 18.5 Å². The average Bonchev–Trinajstić information content (AvgIpc) is 2.77. The van der Waals surface area contributed by atoms with Crippen molar-refractivity contribution in [2.75, 3.05) is 0 Å². The van der Waals surface area contributed by atoms with Crippen LogP contribution in [0.2, 0.25) is 0 Å². The molecule has 0 aliphatic heterocycles. The Balaban J connectivity index is 1.97. The SMILES string of the molecule is Cc1ccc(OCn2ccc(C(=O)O)n2)cn1. The summed E-state index contributed by atoms with van der Waals surface area (Å²) in [4.78, 5) is 14.7. The summed E-state index contributed by atoms with van der Waals surface area (Å²) in [5, 5.41) is 12.5. The van der Waals surface area contributed by atoms with Crippen molar-refractivity contribution in [1.82, 2.24) is 14.8 Å². The first kappa shape index (κ1) is 11.1. The number of aromatic carboxylic acids is 1. The summed E-state index contributed by atoms with van der Waals surface area (Å²) < 4.78 is 6.79. The number of nitrogens with zero attached hydrogens (tertiary/aromatic N) is 3. The van der Waals surface area contributed by atoms with E-state index in [2.05, 4.69) is 10.1 Å². The van der Waals surface area contributed by atoms with Crippen LogP contribution >= 0.6 is 0 Å². The van der Waals surface area contributed by atoms with Crippen molar-refractivity contribution in [2.45, 2.75) is 13.7 Å². The minimum Gasteiger partial charge on any atom is -0.476 e. The highest BCUT2D eigenvalue weighted by Gasteiger charge is 2.06. The number of aryl methyl sites for hydroxylation is 1. The van der Waals surface area contributed by atoms with Crippen LogP contribution in [0.4, 0.5) is 0 Å². The summed E-state index contributed by atoms with van der Waals surface area (Å²) in [5.74, 6) is -0.441. The summed E-state index contributed by atoms with van der Waals surface area (Å²) in [5.41, 5.74) is 0.903. The molecule has 0 bridgehead atoms. The van der Waals surface area contributed by atoms with Gasteiger partial charge in [-0.2, -0.15) is 5.10 Å². The molecule has 0 unspecified atom stereocenters. The molecule has 0 saturated heterocycles. The molecule has 2 heterocycles. The third kappa shape index (κ3) is 2.81. The lowest BCUT2D eigenvalue weighted by Crippen LogP contribution is -2.07. The molecule has 6 nitrogen and oxygen atoms in total. The van der Waals surface area contributed by atoms with Crippen LogP contribution in [0.1, 0.15) is 16.2 Å². The Hall–Kier alpha value is -2.37. The van der Waals surface area contributed by atoms with Crippen molar-refractivity contribution >= 4 is 5.97 Å². The molecule has 1 N–H and O–H groups in total. The Bertz CT molecular complexity index is 519. The fourth-order valence-electron chi connectivity index (χ4n) is 1.23. The number of carboxylic acid groups (broad SMARTS) is 1. The third-order valence-electron chi connectivity index (χ3n) is 2.11. The molecule has 2 aromatic heterocycles. The standard InChI is InChI=1S/C11H11N3O3/c1-8-2-3-9(6-12-8)17-7-14-5-4-10(13-14)11(15)16/h2-6H,7H2,1H3,(H,15,16). The molecule has 0 atom stereocenters. The highest BCUT2D eigenvalue weighted by Crippen LogP contribution is 2.09. The molecule has 17 heavy (non-hydrogen) atoms. The van der Waals surface area contributed by atoms with Crippen LogP contribution in [-0.4, -0.2) is 25.8 Å². The maximum absolute atomic E-state index is 10.6. The fourth-order valence-corrected chi connectivity index (χ4v) is 1.23. The van der Waals surface area contributed by atoms with Crippen LogP contribution in [-0.2, 0) is 6.73 Å². The molecule has 0 fully saturated rings. The highest BCUT2D eigenvalue weighted by molar-refractivity contribution is 5.84. The first-order chi connectivity index (χ1) is 8.15. The topological polar surface area (TPSA) is 77.2 Å². The molecule has 2 aromatic rings. The van der Waals surface area contributed by atoms with Gasteiger partial charge in [-0.3, -0.25) is 4.98 Å². The molecule has 6 heteroatoms. The number of hydrogen-bond acceptors (Lipinski definition) is 4. The summed E-state index contributed by atoms with van der Waals surface area (Å²) >= 11 is 0. The van der Waals surface area contributed by atoms with Crippen LogP contribution in [0.25, 0.3) is 0 Å². The number of carboxylic acids is 1. The lowest BCUT2D eigenvalue weighted by molar-refractivity contribution is 0.0688. The Kier molecular flexibility index (Phi) is 3.04. The number of carbonyl (C=O) groups is 1. The molecule has 0 radical (unpaired) electrons. The van der Waals surface area contributed by atoms with Gasteiger partial charge in [0, 0.05) is 11.9 Å². The Morgan fingerprint density at radius 3 is 2.88 bits per heavy atom. The first-order valence-corrected chi connectivity index (χ1v) is 4.97. The molecular weight excluding hydrogens is 222 g/mol. The van der Waals surface area contributed by atoms with Crippen LogP contribution < -0.4 is 4.74 Å². The van der Waals surface area contributed by atoms with Gasteiger partial charge in [0.2, 0.25) is 0 Å². The van der Waals surface area contributed by atoms with Crippen molar-refractivity contribution in [1.29, 1.82) is 0 Å². The number of aromatic nitrogens is 3. The zero-order valence-electron chi connectivity index (χ0n) is 9.20. The van der Waals surface area contributed by atoms with Crippen molar-refractivity contribution in [3.05, 3.63) is 42.0 Å². The largest absolute Gasteiger partial charge is 0.476 e. The van der Waals surface area contributed by atoms with E-state index >= 15 is 0 Å². The van der Waals surface area contributed by atoms with Gasteiger partial charge in [-0.15, -0.1) is 0 Å². The first-order valence-electron chi connectivity index (χ1n) is 4.97. The molecule has 0 aliphatic carbocycles. The van der Waals surface area contributed by atoms with E-state index in [0.29, 0.717) is 5.75 Å². The molecule has 2 rings (SSSR count). The van der Waals surface area contributed by atoms with Gasteiger partial charge < -0.3 is 9.84 Å². The van der Waals surface area contributed by atoms with Crippen LogP contribution in [0, 0.1) is 6.92 Å². The predicted molar refractivity (Wildman–Crippen MR) is 58.8 cm³/mol.